The molecule has 0 bridgehead atoms. The summed E-state index contributed by atoms with van der Waals surface area (Å²) in [6, 6.07) is 0. The molecule has 2 rings (SSSR count). The van der Waals surface area contributed by atoms with E-state index in [1.807, 2.05) is 0 Å². The van der Waals surface area contributed by atoms with Crippen molar-refractivity contribution in [1.82, 2.24) is 0 Å². The summed E-state index contributed by atoms with van der Waals surface area (Å²) in [7, 11) is 0. The van der Waals surface area contributed by atoms with E-state index in [4.69, 9.17) is 4.74 Å². The summed E-state index contributed by atoms with van der Waals surface area (Å²) in [6.45, 7) is 5.52. The second-order valence-corrected chi connectivity index (χ2v) is 4.00. The molecule has 0 radical (unpaired) electrons. The van der Waals surface area contributed by atoms with Gasteiger partial charge in [-0.15, -0.1) is 0 Å². The van der Waals surface area contributed by atoms with Crippen LogP contribution in [0.25, 0.3) is 0 Å². The van der Waals surface area contributed by atoms with Crippen molar-refractivity contribution in [2.45, 2.75) is 32.8 Å². The number of ether oxygens (including phenoxy) is 1. The smallest absolute Gasteiger partial charge is 0.0791 e. The lowest BCUT2D eigenvalue weighted by Crippen LogP contribution is -2.17. The highest BCUT2D eigenvalue weighted by Crippen LogP contribution is 2.35. The Morgan fingerprint density at radius 3 is 3.09 bits per heavy atom. The molecular formula is C10H16O. The minimum absolute atomic E-state index is 0.480. The van der Waals surface area contributed by atoms with Gasteiger partial charge >= 0.3 is 0 Å². The molecule has 1 aliphatic heterocycles. The Morgan fingerprint density at radius 1 is 1.45 bits per heavy atom. The summed E-state index contributed by atoms with van der Waals surface area (Å²) >= 11 is 0. The lowest BCUT2D eigenvalue weighted by Gasteiger charge is -2.22. The molecule has 0 saturated carbocycles. The van der Waals surface area contributed by atoms with E-state index in [9.17, 15) is 0 Å². The Bertz CT molecular complexity index is 183. The Kier molecular flexibility index (Phi) is 1.76. The van der Waals surface area contributed by atoms with Crippen molar-refractivity contribution >= 4 is 0 Å². The van der Waals surface area contributed by atoms with Crippen LogP contribution in [0.3, 0.4) is 0 Å². The molecule has 0 N–H and O–H groups in total. The van der Waals surface area contributed by atoms with Crippen LogP contribution in [0.4, 0.5) is 0 Å². The highest BCUT2D eigenvalue weighted by molar-refractivity contribution is 5.18. The Hall–Kier alpha value is -0.300. The standard InChI is InChI=1S/C10H16O/c1-7-3-4-9-8(2)6-11-10(9)5-7/h4,7-8,10H,3,5-6H2,1-2H3. The average molecular weight is 152 g/mol. The molecule has 1 heteroatoms. The highest BCUT2D eigenvalue weighted by Gasteiger charge is 2.31. The summed E-state index contributed by atoms with van der Waals surface area (Å²) < 4.78 is 5.67. The third-order valence-corrected chi connectivity index (χ3v) is 2.86. The first-order chi connectivity index (χ1) is 5.27. The van der Waals surface area contributed by atoms with Gasteiger partial charge in [0.15, 0.2) is 0 Å². The summed E-state index contributed by atoms with van der Waals surface area (Å²) in [5.41, 5.74) is 1.57. The van der Waals surface area contributed by atoms with Crippen LogP contribution < -0.4 is 0 Å². The summed E-state index contributed by atoms with van der Waals surface area (Å²) in [5.74, 6) is 1.52. The zero-order chi connectivity index (χ0) is 7.84. The van der Waals surface area contributed by atoms with E-state index in [0.29, 0.717) is 12.0 Å². The molecule has 1 nitrogen and oxygen atoms in total. The van der Waals surface area contributed by atoms with Gasteiger partial charge in [-0.2, -0.15) is 0 Å². The minimum Gasteiger partial charge on any atom is -0.373 e. The predicted molar refractivity (Wildman–Crippen MR) is 45.4 cm³/mol. The van der Waals surface area contributed by atoms with E-state index < -0.39 is 0 Å². The SMILES string of the molecule is CC1CC=C2C(C)COC2C1. The third-order valence-electron chi connectivity index (χ3n) is 2.86. The van der Waals surface area contributed by atoms with Gasteiger partial charge in [0.25, 0.3) is 0 Å². The molecule has 1 saturated heterocycles. The van der Waals surface area contributed by atoms with Crippen molar-refractivity contribution in [3.63, 3.8) is 0 Å². The zero-order valence-corrected chi connectivity index (χ0v) is 7.34. The largest absolute Gasteiger partial charge is 0.373 e. The maximum absolute atomic E-state index is 5.67. The number of allylic oxidation sites excluding steroid dienone is 1. The van der Waals surface area contributed by atoms with Gasteiger partial charge in [-0.3, -0.25) is 0 Å². The predicted octanol–water partition coefficient (Wildman–Crippen LogP) is 2.38. The fourth-order valence-corrected chi connectivity index (χ4v) is 2.11. The van der Waals surface area contributed by atoms with Crippen LogP contribution >= 0.6 is 0 Å². The minimum atomic E-state index is 0.480. The zero-order valence-electron chi connectivity index (χ0n) is 7.34. The fraction of sp³-hybridized carbons (Fsp3) is 0.800. The second kappa shape index (κ2) is 2.63. The van der Waals surface area contributed by atoms with E-state index in [1.54, 1.807) is 5.57 Å². The van der Waals surface area contributed by atoms with Crippen LogP contribution in [-0.2, 0) is 4.74 Å². The first-order valence-corrected chi connectivity index (χ1v) is 4.59. The fourth-order valence-electron chi connectivity index (χ4n) is 2.11. The van der Waals surface area contributed by atoms with Crippen molar-refractivity contribution in [3.8, 4) is 0 Å². The molecule has 1 aliphatic carbocycles. The second-order valence-electron chi connectivity index (χ2n) is 4.00. The van der Waals surface area contributed by atoms with E-state index in [1.165, 1.54) is 12.8 Å². The summed E-state index contributed by atoms with van der Waals surface area (Å²) in [6.07, 6.45) is 5.39. The van der Waals surface area contributed by atoms with Gasteiger partial charge < -0.3 is 4.74 Å². The van der Waals surface area contributed by atoms with Gasteiger partial charge in [0.2, 0.25) is 0 Å². The van der Waals surface area contributed by atoms with Crippen LogP contribution in [0.1, 0.15) is 26.7 Å². The molecule has 0 spiro atoms. The van der Waals surface area contributed by atoms with Gasteiger partial charge in [-0.1, -0.05) is 19.9 Å². The quantitative estimate of drug-likeness (QED) is 0.484. The molecule has 11 heavy (non-hydrogen) atoms. The number of fused-ring (bicyclic) bond motifs is 1. The Balaban J connectivity index is 2.16. The van der Waals surface area contributed by atoms with Gasteiger partial charge in [0.1, 0.15) is 0 Å². The molecule has 2 aliphatic rings. The van der Waals surface area contributed by atoms with Gasteiger partial charge in [-0.25, -0.2) is 0 Å². The van der Waals surface area contributed by atoms with Crippen LogP contribution in [0.5, 0.6) is 0 Å². The van der Waals surface area contributed by atoms with E-state index >= 15 is 0 Å². The van der Waals surface area contributed by atoms with E-state index in [2.05, 4.69) is 19.9 Å². The van der Waals surface area contributed by atoms with Crippen molar-refractivity contribution in [2.75, 3.05) is 6.61 Å². The maximum Gasteiger partial charge on any atom is 0.0791 e. The van der Waals surface area contributed by atoms with Crippen LogP contribution in [0.2, 0.25) is 0 Å². The third kappa shape index (κ3) is 1.22. The van der Waals surface area contributed by atoms with Crippen molar-refractivity contribution in [2.24, 2.45) is 11.8 Å². The first-order valence-electron chi connectivity index (χ1n) is 4.59. The highest BCUT2D eigenvalue weighted by atomic mass is 16.5. The van der Waals surface area contributed by atoms with Crippen molar-refractivity contribution in [3.05, 3.63) is 11.6 Å². The molecule has 0 amide bonds. The summed E-state index contributed by atoms with van der Waals surface area (Å²) in [5, 5.41) is 0. The first kappa shape index (κ1) is 7.35. The Morgan fingerprint density at radius 2 is 2.27 bits per heavy atom. The van der Waals surface area contributed by atoms with Crippen LogP contribution in [0.15, 0.2) is 11.6 Å². The Labute approximate surface area is 68.4 Å². The average Bonchev–Trinajstić information content (AvgIpc) is 2.32. The van der Waals surface area contributed by atoms with Crippen molar-refractivity contribution < 1.29 is 4.74 Å². The van der Waals surface area contributed by atoms with Crippen molar-refractivity contribution in [1.29, 1.82) is 0 Å². The van der Waals surface area contributed by atoms with Gasteiger partial charge in [-0.05, 0) is 24.3 Å². The molecule has 62 valence electrons. The number of rotatable bonds is 0. The monoisotopic (exact) mass is 152 g/mol. The molecule has 3 atom stereocenters. The molecule has 0 aromatic carbocycles. The van der Waals surface area contributed by atoms with Gasteiger partial charge in [0.05, 0.1) is 12.7 Å². The lowest BCUT2D eigenvalue weighted by atomic mass is 9.85. The molecule has 0 aromatic heterocycles. The summed E-state index contributed by atoms with van der Waals surface area (Å²) in [4.78, 5) is 0. The van der Waals surface area contributed by atoms with Gasteiger partial charge in [0, 0.05) is 5.92 Å². The molecular weight excluding hydrogens is 136 g/mol. The lowest BCUT2D eigenvalue weighted by molar-refractivity contribution is 0.0970. The van der Waals surface area contributed by atoms with Crippen LogP contribution in [-0.4, -0.2) is 12.7 Å². The molecule has 3 unspecified atom stereocenters. The number of hydrogen-bond acceptors (Lipinski definition) is 1. The normalized spacial score (nSPS) is 43.5. The van der Waals surface area contributed by atoms with E-state index in [-0.39, 0.29) is 0 Å². The van der Waals surface area contributed by atoms with Crippen LogP contribution in [0, 0.1) is 11.8 Å². The molecule has 1 fully saturated rings. The molecule has 1 heterocycles. The number of hydrogen-bond donors (Lipinski definition) is 0. The van der Waals surface area contributed by atoms with E-state index in [0.717, 1.165) is 12.5 Å². The topological polar surface area (TPSA) is 9.23 Å². The maximum atomic E-state index is 5.67. The molecule has 0 aromatic rings.